The van der Waals surface area contributed by atoms with Crippen molar-refractivity contribution >= 4 is 55.7 Å². The molecule has 0 fully saturated rings. The van der Waals surface area contributed by atoms with Crippen LogP contribution in [0, 0.1) is 0 Å². The van der Waals surface area contributed by atoms with E-state index in [2.05, 4.69) is 83.4 Å². The molecule has 0 N–H and O–H groups in total. The maximum absolute atomic E-state index is 4.83. The predicted octanol–water partition coefficient (Wildman–Crippen LogP) is 5.54. The molecule has 0 aliphatic heterocycles. The summed E-state index contributed by atoms with van der Waals surface area (Å²) in [6.07, 6.45) is 1.97. The van der Waals surface area contributed by atoms with Crippen LogP contribution >= 0.6 is 0 Å². The van der Waals surface area contributed by atoms with Crippen molar-refractivity contribution in [3.8, 4) is 5.69 Å². The van der Waals surface area contributed by atoms with Crippen molar-refractivity contribution in [1.82, 2.24) is 9.55 Å². The van der Waals surface area contributed by atoms with Gasteiger partial charge in [0.2, 0.25) is 0 Å². The third-order valence-corrected chi connectivity index (χ3v) is 7.39. The van der Waals surface area contributed by atoms with Gasteiger partial charge < -0.3 is 0 Å². The molecule has 2 nitrogen and oxygen atoms in total. The average Bonchev–Trinajstić information content (AvgIpc) is 3.03. The van der Waals surface area contributed by atoms with E-state index in [0.717, 1.165) is 5.52 Å². The number of nitrogens with zero attached hydrogens (tertiary/aromatic N) is 2. The van der Waals surface area contributed by atoms with E-state index in [1.165, 1.54) is 41.4 Å². The first-order valence-corrected chi connectivity index (χ1v) is 10.4. The van der Waals surface area contributed by atoms with Crippen molar-refractivity contribution in [3.05, 3.63) is 85.1 Å². The summed E-state index contributed by atoms with van der Waals surface area (Å²) < 4.78 is 5.28. The number of fused-ring (bicyclic) bond motifs is 2. The van der Waals surface area contributed by atoms with Crippen molar-refractivity contribution in [2.45, 2.75) is 0 Å². The zero-order chi connectivity index (χ0) is 17.1. The van der Waals surface area contributed by atoms with Crippen LogP contribution in [-0.2, 0) is 0 Å². The van der Waals surface area contributed by atoms with Gasteiger partial charge in [-0.05, 0) is 0 Å². The topological polar surface area (TPSA) is 17.8 Å². The number of benzene rings is 3. The second kappa shape index (κ2) is 5.31. The van der Waals surface area contributed by atoms with E-state index in [0.29, 0.717) is 14.5 Å². The molecule has 6 aromatic rings. The monoisotopic (exact) mass is 398 g/mol. The first kappa shape index (κ1) is 14.3. The summed E-state index contributed by atoms with van der Waals surface area (Å²) in [6, 6.07) is 28.2. The van der Waals surface area contributed by atoms with Crippen molar-refractivity contribution in [3.63, 3.8) is 0 Å². The van der Waals surface area contributed by atoms with E-state index in [-0.39, 0.29) is 0 Å². The Morgan fingerprint density at radius 2 is 1.42 bits per heavy atom. The van der Waals surface area contributed by atoms with Crippen LogP contribution in [0.5, 0.6) is 0 Å². The quantitative estimate of drug-likeness (QED) is 0.333. The van der Waals surface area contributed by atoms with Crippen LogP contribution in [0.4, 0.5) is 0 Å². The molecule has 0 spiro atoms. The molecule has 3 aromatic carbocycles. The Morgan fingerprint density at radius 3 is 2.35 bits per heavy atom. The third kappa shape index (κ3) is 1.84. The molecule has 122 valence electrons. The summed E-state index contributed by atoms with van der Waals surface area (Å²) in [5, 5.41) is 3.91. The molecule has 0 unspecified atom stereocenters. The fourth-order valence-corrected chi connectivity index (χ4v) is 6.34. The Morgan fingerprint density at radius 1 is 0.654 bits per heavy atom. The van der Waals surface area contributed by atoms with Crippen molar-refractivity contribution in [2.24, 2.45) is 0 Å². The fourth-order valence-electron chi connectivity index (χ4n) is 3.99. The molecule has 3 heteroatoms. The average molecular weight is 397 g/mol. The first-order valence-electron chi connectivity index (χ1n) is 8.66. The van der Waals surface area contributed by atoms with E-state index >= 15 is 0 Å². The first-order chi connectivity index (χ1) is 12.9. The zero-order valence-electron chi connectivity index (χ0n) is 13.9. The van der Waals surface area contributed by atoms with Crippen LogP contribution < -0.4 is 0 Å². The minimum absolute atomic E-state index is 0.340. The van der Waals surface area contributed by atoms with E-state index in [9.17, 15) is 0 Å². The van der Waals surface area contributed by atoms with Gasteiger partial charge >= 0.3 is 156 Å². The maximum atomic E-state index is 4.83. The molecular weight excluding hydrogens is 383 g/mol. The number of hydrogen-bond acceptors (Lipinski definition) is 1. The molecule has 3 heterocycles. The van der Waals surface area contributed by atoms with Crippen LogP contribution in [0.1, 0.15) is 0 Å². The number of aromatic nitrogens is 2. The summed E-state index contributed by atoms with van der Waals surface area (Å²) >= 11 is 0.340. The normalized spacial score (nSPS) is 11.8. The molecule has 26 heavy (non-hydrogen) atoms. The predicted molar refractivity (Wildman–Crippen MR) is 111 cm³/mol. The van der Waals surface area contributed by atoms with Gasteiger partial charge in [0.25, 0.3) is 0 Å². The van der Waals surface area contributed by atoms with Gasteiger partial charge in [-0.2, -0.15) is 0 Å². The third-order valence-electron chi connectivity index (χ3n) is 5.04. The molecule has 0 atom stereocenters. The Balaban J connectivity index is 2.05. The zero-order valence-corrected chi connectivity index (χ0v) is 15.6. The van der Waals surface area contributed by atoms with Gasteiger partial charge in [0.15, 0.2) is 0 Å². The van der Waals surface area contributed by atoms with E-state index in [1.54, 1.807) is 0 Å². The molecule has 0 bridgehead atoms. The Hall–Kier alpha value is -2.87. The number of rotatable bonds is 1. The van der Waals surface area contributed by atoms with Crippen molar-refractivity contribution in [1.29, 1.82) is 0 Å². The van der Waals surface area contributed by atoms with Gasteiger partial charge in [-0.25, -0.2) is 0 Å². The van der Waals surface area contributed by atoms with Gasteiger partial charge in [0.05, 0.1) is 0 Å². The molecule has 6 rings (SSSR count). The molecule has 0 saturated carbocycles. The summed E-state index contributed by atoms with van der Waals surface area (Å²) in [7, 11) is 0. The molecule has 0 aliphatic rings. The minimum atomic E-state index is 0.340. The molecule has 3 aromatic heterocycles. The number of pyridine rings is 1. The fraction of sp³-hybridized carbons (Fsp3) is 0. The molecule has 0 radical (unpaired) electrons. The number of hydrogen-bond donors (Lipinski definition) is 0. The summed E-state index contributed by atoms with van der Waals surface area (Å²) in [4.78, 5) is 4.83. The summed E-state index contributed by atoms with van der Waals surface area (Å²) in [6.45, 7) is 0. The SMILES string of the molecule is c1ccc(-n2c3ccccc3c3nccc4[se]c5cccc2c5c43)cc1. The summed E-state index contributed by atoms with van der Waals surface area (Å²) in [5.41, 5.74) is 4.75. The van der Waals surface area contributed by atoms with Crippen molar-refractivity contribution in [2.75, 3.05) is 0 Å². The van der Waals surface area contributed by atoms with Gasteiger partial charge in [-0.15, -0.1) is 0 Å². The van der Waals surface area contributed by atoms with Gasteiger partial charge in [-0.3, -0.25) is 0 Å². The van der Waals surface area contributed by atoms with Gasteiger partial charge in [-0.1, -0.05) is 0 Å². The Labute approximate surface area is 156 Å². The second-order valence-electron chi connectivity index (χ2n) is 6.47. The summed E-state index contributed by atoms with van der Waals surface area (Å²) in [5.74, 6) is 0. The van der Waals surface area contributed by atoms with E-state index < -0.39 is 0 Å². The van der Waals surface area contributed by atoms with E-state index in [1.807, 2.05) is 6.20 Å². The van der Waals surface area contributed by atoms with Gasteiger partial charge in [0, 0.05) is 0 Å². The standard InChI is InChI=1S/C23H14N2Se/c1-2-7-15(8-3-1)25-17-10-5-4-9-16(17)23-22-20(13-14-24-23)26-19-12-6-11-18(25)21(19)22/h1-14H. The molecule has 0 aliphatic carbocycles. The van der Waals surface area contributed by atoms with Crippen LogP contribution in [0.15, 0.2) is 85.1 Å². The van der Waals surface area contributed by atoms with E-state index in [4.69, 9.17) is 4.98 Å². The van der Waals surface area contributed by atoms with Crippen LogP contribution in [-0.4, -0.2) is 24.1 Å². The Kier molecular flexibility index (Phi) is 2.92. The number of para-hydroxylation sites is 2. The molecule has 0 amide bonds. The van der Waals surface area contributed by atoms with Crippen molar-refractivity contribution < 1.29 is 0 Å². The molecule has 0 saturated heterocycles. The van der Waals surface area contributed by atoms with Crippen LogP contribution in [0.3, 0.4) is 0 Å². The van der Waals surface area contributed by atoms with Crippen LogP contribution in [0.2, 0.25) is 0 Å². The van der Waals surface area contributed by atoms with Crippen LogP contribution in [0.25, 0.3) is 46.9 Å². The Bertz CT molecular complexity index is 1420. The van der Waals surface area contributed by atoms with Gasteiger partial charge in [0.1, 0.15) is 0 Å². The molecular formula is C23H14N2Se. The second-order valence-corrected chi connectivity index (χ2v) is 8.75.